The largest absolute Gasteiger partial charge is 0.325 e. The molecular formula is C9H10Br2N2O. The van der Waals surface area contributed by atoms with Crippen LogP contribution in [0.4, 0.5) is 5.69 Å². The van der Waals surface area contributed by atoms with Crippen LogP contribution in [0.3, 0.4) is 0 Å². The quantitative estimate of drug-likeness (QED) is 0.866. The molecule has 0 saturated carbocycles. The van der Waals surface area contributed by atoms with Crippen molar-refractivity contribution in [2.75, 3.05) is 10.6 Å². The SMILES string of the molecule is O=C(Nc1ccncc1)[C@@H](Br)CCBr. The van der Waals surface area contributed by atoms with Crippen molar-refractivity contribution in [3.05, 3.63) is 24.5 Å². The molecule has 0 aliphatic rings. The molecule has 5 heteroatoms. The first-order chi connectivity index (χ1) is 6.74. The molecule has 14 heavy (non-hydrogen) atoms. The van der Waals surface area contributed by atoms with Crippen LogP contribution in [-0.4, -0.2) is 21.0 Å². The minimum absolute atomic E-state index is 0.0318. The lowest BCUT2D eigenvalue weighted by Crippen LogP contribution is -2.23. The smallest absolute Gasteiger partial charge is 0.238 e. The van der Waals surface area contributed by atoms with Gasteiger partial charge in [0.05, 0.1) is 4.83 Å². The molecule has 0 radical (unpaired) electrons. The van der Waals surface area contributed by atoms with Gasteiger partial charge in [0.15, 0.2) is 0 Å². The van der Waals surface area contributed by atoms with Crippen molar-refractivity contribution >= 4 is 43.5 Å². The number of anilines is 1. The normalized spacial score (nSPS) is 12.1. The van der Waals surface area contributed by atoms with Gasteiger partial charge in [0.25, 0.3) is 0 Å². The van der Waals surface area contributed by atoms with E-state index in [1.807, 2.05) is 0 Å². The lowest BCUT2D eigenvalue weighted by Gasteiger charge is -2.08. The van der Waals surface area contributed by atoms with Crippen molar-refractivity contribution in [3.8, 4) is 0 Å². The molecule has 0 aromatic carbocycles. The topological polar surface area (TPSA) is 42.0 Å². The predicted octanol–water partition coefficient (Wildman–Crippen LogP) is 2.57. The maximum Gasteiger partial charge on any atom is 0.238 e. The Morgan fingerprint density at radius 2 is 2.14 bits per heavy atom. The summed E-state index contributed by atoms with van der Waals surface area (Å²) in [6.07, 6.45) is 4.05. The first kappa shape index (κ1) is 11.7. The standard InChI is InChI=1S/C9H10Br2N2O/c10-4-1-8(11)9(14)13-7-2-5-12-6-3-7/h2-3,5-6,8H,1,4H2,(H,12,13,14)/t8-/m0/s1. The fourth-order valence-electron chi connectivity index (χ4n) is 0.883. The van der Waals surface area contributed by atoms with Gasteiger partial charge in [-0.25, -0.2) is 0 Å². The van der Waals surface area contributed by atoms with Gasteiger partial charge in [-0.05, 0) is 18.6 Å². The van der Waals surface area contributed by atoms with Gasteiger partial charge in [0.1, 0.15) is 0 Å². The van der Waals surface area contributed by atoms with Crippen LogP contribution in [0.5, 0.6) is 0 Å². The molecule has 0 fully saturated rings. The number of hydrogen-bond acceptors (Lipinski definition) is 2. The first-order valence-corrected chi connectivity index (χ1v) is 6.18. The average molecular weight is 322 g/mol. The summed E-state index contributed by atoms with van der Waals surface area (Å²) >= 11 is 6.59. The number of halogens is 2. The van der Waals surface area contributed by atoms with Gasteiger partial charge in [0.2, 0.25) is 5.91 Å². The Balaban J connectivity index is 2.49. The third-order valence-electron chi connectivity index (χ3n) is 1.59. The predicted molar refractivity (Wildman–Crippen MR) is 64.0 cm³/mol. The number of amides is 1. The van der Waals surface area contributed by atoms with Crippen molar-refractivity contribution in [2.45, 2.75) is 11.2 Å². The van der Waals surface area contributed by atoms with Crippen LogP contribution in [0.25, 0.3) is 0 Å². The van der Waals surface area contributed by atoms with E-state index in [4.69, 9.17) is 0 Å². The molecule has 0 saturated heterocycles. The summed E-state index contributed by atoms with van der Waals surface area (Å²) in [5.41, 5.74) is 0.768. The molecule has 0 spiro atoms. The summed E-state index contributed by atoms with van der Waals surface area (Å²) in [5, 5.41) is 3.58. The fourth-order valence-corrected chi connectivity index (χ4v) is 2.30. The highest BCUT2D eigenvalue weighted by atomic mass is 79.9. The van der Waals surface area contributed by atoms with E-state index in [-0.39, 0.29) is 10.7 Å². The second-order valence-corrected chi connectivity index (χ2v) is 4.57. The molecule has 1 atom stereocenters. The molecule has 1 heterocycles. The number of nitrogens with one attached hydrogen (secondary N) is 1. The number of carbonyl (C=O) groups is 1. The van der Waals surface area contributed by atoms with E-state index in [0.717, 1.165) is 17.4 Å². The molecule has 76 valence electrons. The highest BCUT2D eigenvalue weighted by Crippen LogP contribution is 2.11. The van der Waals surface area contributed by atoms with E-state index in [2.05, 4.69) is 42.2 Å². The number of aromatic nitrogens is 1. The summed E-state index contributed by atoms with van der Waals surface area (Å²) < 4.78 is 0. The molecule has 0 unspecified atom stereocenters. The van der Waals surface area contributed by atoms with Crippen LogP contribution in [0.1, 0.15) is 6.42 Å². The molecule has 1 aromatic rings. The van der Waals surface area contributed by atoms with E-state index in [1.54, 1.807) is 24.5 Å². The van der Waals surface area contributed by atoms with Crippen molar-refractivity contribution in [3.63, 3.8) is 0 Å². The van der Waals surface area contributed by atoms with Gasteiger partial charge >= 0.3 is 0 Å². The lowest BCUT2D eigenvalue weighted by molar-refractivity contribution is -0.115. The first-order valence-electron chi connectivity index (χ1n) is 4.15. The number of carbonyl (C=O) groups excluding carboxylic acids is 1. The van der Waals surface area contributed by atoms with Gasteiger partial charge in [-0.3, -0.25) is 9.78 Å². The number of pyridine rings is 1. The molecule has 3 nitrogen and oxygen atoms in total. The molecule has 0 aliphatic carbocycles. The van der Waals surface area contributed by atoms with Gasteiger partial charge in [-0.15, -0.1) is 0 Å². The number of alkyl halides is 2. The highest BCUT2D eigenvalue weighted by Gasteiger charge is 2.13. The number of nitrogens with zero attached hydrogens (tertiary/aromatic N) is 1. The van der Waals surface area contributed by atoms with Crippen LogP contribution >= 0.6 is 31.9 Å². The van der Waals surface area contributed by atoms with Crippen molar-refractivity contribution < 1.29 is 4.79 Å². The van der Waals surface area contributed by atoms with Gasteiger partial charge in [0, 0.05) is 23.4 Å². The second-order valence-electron chi connectivity index (χ2n) is 2.67. The Hall–Kier alpha value is -0.420. The van der Waals surface area contributed by atoms with Crippen molar-refractivity contribution in [1.29, 1.82) is 0 Å². The Morgan fingerprint density at radius 3 is 2.71 bits per heavy atom. The number of hydrogen-bond donors (Lipinski definition) is 1. The molecule has 0 bridgehead atoms. The van der Waals surface area contributed by atoms with Gasteiger partial charge < -0.3 is 5.32 Å². The lowest BCUT2D eigenvalue weighted by atomic mass is 10.3. The van der Waals surface area contributed by atoms with Crippen molar-refractivity contribution in [1.82, 2.24) is 4.98 Å². The molecule has 1 aromatic heterocycles. The van der Waals surface area contributed by atoms with Crippen LogP contribution in [0.2, 0.25) is 0 Å². The molecule has 1 amide bonds. The van der Waals surface area contributed by atoms with E-state index >= 15 is 0 Å². The summed E-state index contributed by atoms with van der Waals surface area (Å²) in [6.45, 7) is 0. The summed E-state index contributed by atoms with van der Waals surface area (Å²) in [5.74, 6) is -0.0318. The van der Waals surface area contributed by atoms with Crippen LogP contribution < -0.4 is 5.32 Å². The minimum Gasteiger partial charge on any atom is -0.325 e. The van der Waals surface area contributed by atoms with Crippen LogP contribution in [-0.2, 0) is 4.79 Å². The maximum atomic E-state index is 11.5. The zero-order valence-electron chi connectivity index (χ0n) is 7.41. The Labute approximate surface area is 99.6 Å². The third kappa shape index (κ3) is 3.75. The van der Waals surface area contributed by atoms with E-state index < -0.39 is 0 Å². The third-order valence-corrected chi connectivity index (χ3v) is 2.93. The zero-order chi connectivity index (χ0) is 10.4. The summed E-state index contributed by atoms with van der Waals surface area (Å²) in [4.78, 5) is 15.2. The monoisotopic (exact) mass is 320 g/mol. The Kier molecular flexibility index (Phi) is 5.11. The summed E-state index contributed by atoms with van der Waals surface area (Å²) in [7, 11) is 0. The number of rotatable bonds is 4. The zero-order valence-corrected chi connectivity index (χ0v) is 10.6. The van der Waals surface area contributed by atoms with E-state index in [9.17, 15) is 4.79 Å². The van der Waals surface area contributed by atoms with Gasteiger partial charge in [-0.1, -0.05) is 31.9 Å². The maximum absolute atomic E-state index is 11.5. The minimum atomic E-state index is -0.157. The average Bonchev–Trinajstić information content (AvgIpc) is 2.19. The van der Waals surface area contributed by atoms with E-state index in [1.165, 1.54) is 0 Å². The second kappa shape index (κ2) is 6.14. The Bertz CT molecular complexity index is 292. The summed E-state index contributed by atoms with van der Waals surface area (Å²) in [6, 6.07) is 3.51. The fraction of sp³-hybridized carbons (Fsp3) is 0.333. The van der Waals surface area contributed by atoms with E-state index in [0.29, 0.717) is 0 Å². The van der Waals surface area contributed by atoms with Crippen LogP contribution in [0, 0.1) is 0 Å². The Morgan fingerprint density at radius 1 is 1.50 bits per heavy atom. The molecule has 1 rings (SSSR count). The highest BCUT2D eigenvalue weighted by molar-refractivity contribution is 9.10. The van der Waals surface area contributed by atoms with Crippen LogP contribution in [0.15, 0.2) is 24.5 Å². The van der Waals surface area contributed by atoms with Gasteiger partial charge in [-0.2, -0.15) is 0 Å². The van der Waals surface area contributed by atoms with Crippen molar-refractivity contribution in [2.24, 2.45) is 0 Å². The molecule has 1 N–H and O–H groups in total. The molecular weight excluding hydrogens is 312 g/mol. The molecule has 0 aliphatic heterocycles.